The summed E-state index contributed by atoms with van der Waals surface area (Å²) in [7, 11) is 3.67. The van der Waals surface area contributed by atoms with E-state index in [1.54, 1.807) is 17.9 Å². The average Bonchev–Trinajstić information content (AvgIpc) is 3.04. The van der Waals surface area contributed by atoms with Crippen LogP contribution < -0.4 is 0 Å². The van der Waals surface area contributed by atoms with Crippen LogP contribution in [0.25, 0.3) is 0 Å². The van der Waals surface area contributed by atoms with Gasteiger partial charge in [-0.05, 0) is 25.7 Å². The Labute approximate surface area is 119 Å². The molecule has 1 spiro atoms. The first-order valence-corrected chi connectivity index (χ1v) is 7.46. The van der Waals surface area contributed by atoms with Crippen molar-refractivity contribution in [1.82, 2.24) is 14.5 Å². The Morgan fingerprint density at radius 3 is 2.95 bits per heavy atom. The van der Waals surface area contributed by atoms with Crippen molar-refractivity contribution in [3.05, 3.63) is 18.2 Å². The standard InChI is InChI=1S/C15H23N3O2/c1-17-10-8-16-13(17)14(19)18-9-4-7-15(11-18)6-3-5-12(15)20-2/h8,10,12H,3-7,9,11H2,1-2H3/t12-,15-/m1/s1. The van der Waals surface area contributed by atoms with Crippen LogP contribution in [0.2, 0.25) is 0 Å². The van der Waals surface area contributed by atoms with Crippen molar-refractivity contribution >= 4 is 5.91 Å². The fourth-order valence-electron chi connectivity index (χ4n) is 3.99. The predicted molar refractivity (Wildman–Crippen MR) is 75.4 cm³/mol. The van der Waals surface area contributed by atoms with Gasteiger partial charge >= 0.3 is 0 Å². The summed E-state index contributed by atoms with van der Waals surface area (Å²) in [5, 5.41) is 0. The van der Waals surface area contributed by atoms with Gasteiger partial charge in [0, 0.05) is 45.1 Å². The summed E-state index contributed by atoms with van der Waals surface area (Å²) >= 11 is 0. The highest BCUT2D eigenvalue weighted by molar-refractivity contribution is 5.90. The van der Waals surface area contributed by atoms with Crippen LogP contribution in [0.3, 0.4) is 0 Å². The quantitative estimate of drug-likeness (QED) is 0.828. The molecule has 110 valence electrons. The minimum absolute atomic E-state index is 0.0540. The van der Waals surface area contributed by atoms with Crippen molar-refractivity contribution in [3.63, 3.8) is 0 Å². The summed E-state index contributed by atoms with van der Waals surface area (Å²) in [6.07, 6.45) is 9.56. The molecule has 2 heterocycles. The largest absolute Gasteiger partial charge is 0.381 e. The number of carbonyl (C=O) groups excluding carboxylic acids is 1. The van der Waals surface area contributed by atoms with Gasteiger partial charge in [-0.15, -0.1) is 0 Å². The molecule has 20 heavy (non-hydrogen) atoms. The maximum absolute atomic E-state index is 12.6. The molecule has 5 heteroatoms. The number of methoxy groups -OCH3 is 1. The molecular formula is C15H23N3O2. The second-order valence-corrected chi connectivity index (χ2v) is 6.17. The van der Waals surface area contributed by atoms with Gasteiger partial charge in [-0.25, -0.2) is 4.98 Å². The maximum Gasteiger partial charge on any atom is 0.289 e. The summed E-state index contributed by atoms with van der Waals surface area (Å²) in [4.78, 5) is 18.8. The fraction of sp³-hybridized carbons (Fsp3) is 0.733. The zero-order valence-corrected chi connectivity index (χ0v) is 12.3. The number of amides is 1. The van der Waals surface area contributed by atoms with E-state index in [2.05, 4.69) is 4.98 Å². The van der Waals surface area contributed by atoms with Gasteiger partial charge in [0.05, 0.1) is 6.10 Å². The molecule has 0 unspecified atom stereocenters. The molecule has 1 aromatic heterocycles. The Hall–Kier alpha value is -1.36. The molecule has 1 saturated heterocycles. The van der Waals surface area contributed by atoms with E-state index in [1.165, 1.54) is 19.3 Å². The van der Waals surface area contributed by atoms with E-state index in [1.807, 2.05) is 18.1 Å². The molecule has 1 aliphatic carbocycles. The van der Waals surface area contributed by atoms with E-state index in [0.717, 1.165) is 25.9 Å². The number of nitrogens with zero attached hydrogens (tertiary/aromatic N) is 3. The number of ether oxygens (including phenoxy) is 1. The summed E-state index contributed by atoms with van der Waals surface area (Å²) in [6, 6.07) is 0. The van der Waals surface area contributed by atoms with Crippen LogP contribution in [-0.2, 0) is 11.8 Å². The Morgan fingerprint density at radius 2 is 2.25 bits per heavy atom. The molecule has 0 radical (unpaired) electrons. The lowest BCUT2D eigenvalue weighted by molar-refractivity contribution is -0.0298. The number of aromatic nitrogens is 2. The first kappa shape index (κ1) is 13.6. The molecule has 1 amide bonds. The highest BCUT2D eigenvalue weighted by Gasteiger charge is 2.46. The molecule has 3 rings (SSSR count). The summed E-state index contributed by atoms with van der Waals surface area (Å²) in [6.45, 7) is 1.65. The Kier molecular flexibility index (Phi) is 3.54. The molecule has 2 atom stereocenters. The van der Waals surface area contributed by atoms with Crippen molar-refractivity contribution in [3.8, 4) is 0 Å². The smallest absolute Gasteiger partial charge is 0.289 e. The van der Waals surface area contributed by atoms with E-state index in [0.29, 0.717) is 11.9 Å². The predicted octanol–water partition coefficient (Wildman–Crippen LogP) is 1.84. The van der Waals surface area contributed by atoms with Crippen molar-refractivity contribution in [1.29, 1.82) is 0 Å². The van der Waals surface area contributed by atoms with Crippen LogP contribution in [-0.4, -0.2) is 46.7 Å². The normalized spacial score (nSPS) is 30.1. The van der Waals surface area contributed by atoms with Crippen LogP contribution in [0.5, 0.6) is 0 Å². The highest BCUT2D eigenvalue weighted by Crippen LogP contribution is 2.46. The number of rotatable bonds is 2. The Bertz CT molecular complexity index is 499. The van der Waals surface area contributed by atoms with Crippen molar-refractivity contribution in [2.75, 3.05) is 20.2 Å². The molecule has 2 fully saturated rings. The first-order valence-electron chi connectivity index (χ1n) is 7.46. The monoisotopic (exact) mass is 277 g/mol. The first-order chi connectivity index (χ1) is 9.66. The van der Waals surface area contributed by atoms with Gasteiger partial charge < -0.3 is 14.2 Å². The van der Waals surface area contributed by atoms with Gasteiger partial charge in [-0.3, -0.25) is 4.79 Å². The number of aryl methyl sites for hydroxylation is 1. The molecule has 5 nitrogen and oxygen atoms in total. The Balaban J connectivity index is 1.79. The summed E-state index contributed by atoms with van der Waals surface area (Å²) < 4.78 is 7.49. The van der Waals surface area contributed by atoms with Gasteiger partial charge in [0.1, 0.15) is 0 Å². The van der Waals surface area contributed by atoms with Crippen molar-refractivity contribution in [2.24, 2.45) is 12.5 Å². The molecule has 0 aromatic carbocycles. The zero-order valence-electron chi connectivity index (χ0n) is 12.3. The van der Waals surface area contributed by atoms with Gasteiger partial charge in [0.2, 0.25) is 0 Å². The third-order valence-electron chi connectivity index (χ3n) is 5.02. The van der Waals surface area contributed by atoms with Gasteiger partial charge in [0.25, 0.3) is 5.91 Å². The number of carbonyl (C=O) groups is 1. The minimum atomic E-state index is 0.0540. The Morgan fingerprint density at radius 1 is 1.45 bits per heavy atom. The minimum Gasteiger partial charge on any atom is -0.381 e. The number of hydrogen-bond acceptors (Lipinski definition) is 3. The zero-order chi connectivity index (χ0) is 14.2. The van der Waals surface area contributed by atoms with E-state index in [9.17, 15) is 4.79 Å². The lowest BCUT2D eigenvalue weighted by Gasteiger charge is -2.43. The third-order valence-corrected chi connectivity index (χ3v) is 5.02. The van der Waals surface area contributed by atoms with Gasteiger partial charge in [-0.2, -0.15) is 0 Å². The molecular weight excluding hydrogens is 254 g/mol. The molecule has 1 aliphatic heterocycles. The second-order valence-electron chi connectivity index (χ2n) is 6.17. The van der Waals surface area contributed by atoms with E-state index < -0.39 is 0 Å². The van der Waals surface area contributed by atoms with Crippen LogP contribution in [0.1, 0.15) is 42.7 Å². The van der Waals surface area contributed by atoms with Crippen LogP contribution in [0, 0.1) is 5.41 Å². The topological polar surface area (TPSA) is 47.4 Å². The molecule has 1 aromatic rings. The average molecular weight is 277 g/mol. The summed E-state index contributed by atoms with van der Waals surface area (Å²) in [5.74, 6) is 0.590. The molecule has 2 aliphatic rings. The van der Waals surface area contributed by atoms with E-state index in [4.69, 9.17) is 4.74 Å². The number of piperidine rings is 1. The van der Waals surface area contributed by atoms with Crippen LogP contribution in [0.15, 0.2) is 12.4 Å². The second kappa shape index (κ2) is 5.20. The van der Waals surface area contributed by atoms with E-state index in [-0.39, 0.29) is 11.3 Å². The van der Waals surface area contributed by atoms with Crippen molar-refractivity contribution < 1.29 is 9.53 Å². The highest BCUT2D eigenvalue weighted by atomic mass is 16.5. The molecule has 0 N–H and O–H groups in total. The lowest BCUT2D eigenvalue weighted by Crippen LogP contribution is -2.50. The summed E-state index contributed by atoms with van der Waals surface area (Å²) in [5.41, 5.74) is 0.174. The number of likely N-dealkylation sites (tertiary alicyclic amines) is 1. The van der Waals surface area contributed by atoms with Crippen LogP contribution >= 0.6 is 0 Å². The van der Waals surface area contributed by atoms with Gasteiger partial charge in [-0.1, -0.05) is 6.42 Å². The number of imidazole rings is 1. The van der Waals surface area contributed by atoms with Gasteiger partial charge in [0.15, 0.2) is 5.82 Å². The fourth-order valence-corrected chi connectivity index (χ4v) is 3.99. The third kappa shape index (κ3) is 2.14. The van der Waals surface area contributed by atoms with Crippen LogP contribution in [0.4, 0.5) is 0 Å². The van der Waals surface area contributed by atoms with E-state index >= 15 is 0 Å². The SMILES string of the molecule is CO[C@@H]1CCC[C@]12CCCN(C(=O)c1nccn1C)C2. The molecule has 1 saturated carbocycles. The van der Waals surface area contributed by atoms with Crippen molar-refractivity contribution in [2.45, 2.75) is 38.2 Å². The maximum atomic E-state index is 12.6. The molecule has 0 bridgehead atoms. The lowest BCUT2D eigenvalue weighted by atomic mass is 9.76. The number of hydrogen-bond donors (Lipinski definition) is 0.